The maximum Gasteiger partial charge on any atom is 0.277 e. The van der Waals surface area contributed by atoms with Gasteiger partial charge in [-0.2, -0.15) is 0 Å². The minimum absolute atomic E-state index is 0.237. The van der Waals surface area contributed by atoms with Crippen LogP contribution in [0.25, 0.3) is 17.1 Å². The van der Waals surface area contributed by atoms with E-state index in [0.29, 0.717) is 28.1 Å². The zero-order valence-corrected chi connectivity index (χ0v) is 14.8. The van der Waals surface area contributed by atoms with Crippen LogP contribution in [0, 0.1) is 0 Å². The number of carbonyl (C=O) groups excluding carboxylic acids is 1. The Kier molecular flexibility index (Phi) is 4.49. The maximum absolute atomic E-state index is 12.6. The third kappa shape index (κ3) is 3.48. The Labute approximate surface area is 156 Å². The molecule has 0 radical (unpaired) electrons. The standard InChI is InChI=1S/C16H12N8O2S/c1-26-14-4-2-3-11(20-14)12-8-27-16(21-12)22-15(25)13-7-19-23-24(13)10-5-17-9-18-6-10/h2-9H,1H3,(H,21,22,25). The predicted octanol–water partition coefficient (Wildman–Crippen LogP) is 1.84. The van der Waals surface area contributed by atoms with Gasteiger partial charge in [-0.05, 0) is 6.07 Å². The molecule has 11 heteroatoms. The van der Waals surface area contributed by atoms with E-state index in [2.05, 4.69) is 35.6 Å². The SMILES string of the molecule is COc1cccc(-c2csc(NC(=O)c3cnnn3-c3cncnc3)n2)n1. The second kappa shape index (κ2) is 7.25. The molecule has 0 aliphatic rings. The number of amides is 1. The molecule has 27 heavy (non-hydrogen) atoms. The molecule has 0 spiro atoms. The van der Waals surface area contributed by atoms with Crippen molar-refractivity contribution in [1.29, 1.82) is 0 Å². The molecular formula is C16H12N8O2S. The number of nitrogens with zero attached hydrogens (tertiary/aromatic N) is 7. The summed E-state index contributed by atoms with van der Waals surface area (Å²) in [6, 6.07) is 5.39. The van der Waals surface area contributed by atoms with Crippen molar-refractivity contribution in [3.05, 3.63) is 54.2 Å². The maximum atomic E-state index is 12.6. The van der Waals surface area contributed by atoms with E-state index in [1.807, 2.05) is 12.1 Å². The van der Waals surface area contributed by atoms with Crippen LogP contribution in [0.4, 0.5) is 5.13 Å². The molecular weight excluding hydrogens is 368 g/mol. The number of hydrogen-bond donors (Lipinski definition) is 1. The second-order valence-corrected chi connectivity index (χ2v) is 6.04. The Balaban J connectivity index is 1.55. The van der Waals surface area contributed by atoms with Crippen molar-refractivity contribution in [3.8, 4) is 23.0 Å². The molecule has 1 N–H and O–H groups in total. The number of nitrogens with one attached hydrogen (secondary N) is 1. The van der Waals surface area contributed by atoms with Crippen molar-refractivity contribution in [2.24, 2.45) is 0 Å². The number of rotatable bonds is 5. The zero-order chi connectivity index (χ0) is 18.6. The minimum atomic E-state index is -0.400. The van der Waals surface area contributed by atoms with Gasteiger partial charge in [0, 0.05) is 11.4 Å². The minimum Gasteiger partial charge on any atom is -0.481 e. The van der Waals surface area contributed by atoms with Crippen LogP contribution in [0.1, 0.15) is 10.5 Å². The molecule has 0 unspecified atom stereocenters. The number of aromatic nitrogens is 7. The van der Waals surface area contributed by atoms with E-state index < -0.39 is 5.91 Å². The predicted molar refractivity (Wildman–Crippen MR) is 96.8 cm³/mol. The van der Waals surface area contributed by atoms with Crippen molar-refractivity contribution in [3.63, 3.8) is 0 Å². The quantitative estimate of drug-likeness (QED) is 0.557. The van der Waals surface area contributed by atoms with E-state index >= 15 is 0 Å². The van der Waals surface area contributed by atoms with Crippen LogP contribution in [0.5, 0.6) is 5.88 Å². The van der Waals surface area contributed by atoms with E-state index in [-0.39, 0.29) is 5.69 Å². The van der Waals surface area contributed by atoms with E-state index in [4.69, 9.17) is 4.74 Å². The summed E-state index contributed by atoms with van der Waals surface area (Å²) in [4.78, 5) is 29.2. The van der Waals surface area contributed by atoms with Crippen LogP contribution in [0.15, 0.2) is 48.5 Å². The molecule has 4 aromatic heterocycles. The van der Waals surface area contributed by atoms with Crippen molar-refractivity contribution in [2.45, 2.75) is 0 Å². The number of anilines is 1. The fourth-order valence-electron chi connectivity index (χ4n) is 2.26. The van der Waals surface area contributed by atoms with E-state index in [9.17, 15) is 4.79 Å². The average molecular weight is 380 g/mol. The van der Waals surface area contributed by atoms with Gasteiger partial charge in [-0.3, -0.25) is 10.1 Å². The highest BCUT2D eigenvalue weighted by atomic mass is 32.1. The van der Waals surface area contributed by atoms with Crippen molar-refractivity contribution < 1.29 is 9.53 Å². The Hall–Kier alpha value is -3.73. The molecule has 0 bridgehead atoms. The molecule has 0 fully saturated rings. The van der Waals surface area contributed by atoms with Gasteiger partial charge in [0.25, 0.3) is 5.91 Å². The van der Waals surface area contributed by atoms with Gasteiger partial charge in [-0.25, -0.2) is 24.6 Å². The van der Waals surface area contributed by atoms with E-state index in [0.717, 1.165) is 0 Å². The molecule has 10 nitrogen and oxygen atoms in total. The van der Waals surface area contributed by atoms with E-state index in [1.54, 1.807) is 18.6 Å². The molecule has 4 heterocycles. The smallest absolute Gasteiger partial charge is 0.277 e. The number of ether oxygens (including phenoxy) is 1. The largest absolute Gasteiger partial charge is 0.481 e. The zero-order valence-electron chi connectivity index (χ0n) is 14.0. The van der Waals surface area contributed by atoms with E-state index in [1.165, 1.54) is 40.9 Å². The highest BCUT2D eigenvalue weighted by Gasteiger charge is 2.17. The van der Waals surface area contributed by atoms with Crippen molar-refractivity contribution >= 4 is 22.4 Å². The van der Waals surface area contributed by atoms with Crippen LogP contribution < -0.4 is 10.1 Å². The molecule has 0 aromatic carbocycles. The van der Waals surface area contributed by atoms with Gasteiger partial charge in [0.1, 0.15) is 17.7 Å². The lowest BCUT2D eigenvalue weighted by Gasteiger charge is -2.04. The Morgan fingerprint density at radius 2 is 2.00 bits per heavy atom. The summed E-state index contributed by atoms with van der Waals surface area (Å²) in [7, 11) is 1.55. The third-order valence-electron chi connectivity index (χ3n) is 3.49. The highest BCUT2D eigenvalue weighted by molar-refractivity contribution is 7.14. The first-order valence-corrected chi connectivity index (χ1v) is 8.57. The van der Waals surface area contributed by atoms with Crippen LogP contribution in [-0.4, -0.2) is 47.9 Å². The first-order chi connectivity index (χ1) is 13.2. The fourth-order valence-corrected chi connectivity index (χ4v) is 2.96. The topological polar surface area (TPSA) is 121 Å². The van der Waals surface area contributed by atoms with Crippen LogP contribution in [0.2, 0.25) is 0 Å². The summed E-state index contributed by atoms with van der Waals surface area (Å²) < 4.78 is 6.47. The van der Waals surface area contributed by atoms with Gasteiger partial charge >= 0.3 is 0 Å². The van der Waals surface area contributed by atoms with Crippen LogP contribution in [-0.2, 0) is 0 Å². The third-order valence-corrected chi connectivity index (χ3v) is 4.25. The lowest BCUT2D eigenvalue weighted by molar-refractivity contribution is 0.101. The molecule has 0 saturated carbocycles. The lowest BCUT2D eigenvalue weighted by Crippen LogP contribution is -2.17. The molecule has 0 atom stereocenters. The Morgan fingerprint density at radius 1 is 1.15 bits per heavy atom. The molecule has 134 valence electrons. The summed E-state index contributed by atoms with van der Waals surface area (Å²) >= 11 is 1.29. The summed E-state index contributed by atoms with van der Waals surface area (Å²) in [5.74, 6) is 0.0921. The van der Waals surface area contributed by atoms with Gasteiger partial charge in [-0.15, -0.1) is 16.4 Å². The molecule has 1 amide bonds. The fraction of sp³-hybridized carbons (Fsp3) is 0.0625. The Bertz CT molecular complexity index is 1080. The monoisotopic (exact) mass is 380 g/mol. The summed E-state index contributed by atoms with van der Waals surface area (Å²) in [5.41, 5.74) is 2.05. The van der Waals surface area contributed by atoms with Gasteiger partial charge in [0.2, 0.25) is 5.88 Å². The lowest BCUT2D eigenvalue weighted by atomic mass is 10.3. The molecule has 4 aromatic rings. The molecule has 0 aliphatic heterocycles. The summed E-state index contributed by atoms with van der Waals surface area (Å²) in [5, 5.41) is 12.7. The number of hydrogen-bond acceptors (Lipinski definition) is 9. The molecule has 4 rings (SSSR count). The first kappa shape index (κ1) is 16.7. The highest BCUT2D eigenvalue weighted by Crippen LogP contribution is 2.25. The first-order valence-electron chi connectivity index (χ1n) is 7.69. The Morgan fingerprint density at radius 3 is 2.81 bits per heavy atom. The van der Waals surface area contributed by atoms with Gasteiger partial charge < -0.3 is 4.74 Å². The van der Waals surface area contributed by atoms with Gasteiger partial charge in [0.05, 0.1) is 31.4 Å². The van der Waals surface area contributed by atoms with Crippen molar-refractivity contribution in [2.75, 3.05) is 12.4 Å². The van der Waals surface area contributed by atoms with Crippen LogP contribution in [0.3, 0.4) is 0 Å². The number of thiazole rings is 1. The van der Waals surface area contributed by atoms with Crippen LogP contribution >= 0.6 is 11.3 Å². The summed E-state index contributed by atoms with van der Waals surface area (Å²) in [6.07, 6.45) is 5.83. The molecule has 0 saturated heterocycles. The van der Waals surface area contributed by atoms with Crippen molar-refractivity contribution in [1.82, 2.24) is 34.9 Å². The normalized spacial score (nSPS) is 10.6. The average Bonchev–Trinajstić information content (AvgIpc) is 3.38. The second-order valence-electron chi connectivity index (χ2n) is 5.18. The van der Waals surface area contributed by atoms with Gasteiger partial charge in [-0.1, -0.05) is 11.3 Å². The number of carbonyl (C=O) groups is 1. The molecule has 0 aliphatic carbocycles. The summed E-state index contributed by atoms with van der Waals surface area (Å²) in [6.45, 7) is 0. The number of methoxy groups -OCH3 is 1. The van der Waals surface area contributed by atoms with Gasteiger partial charge in [0.15, 0.2) is 10.8 Å². The number of pyridine rings is 1.